The number of nitrogens with zero attached hydrogens (tertiary/aromatic N) is 3. The number of hydrogen-bond acceptors (Lipinski definition) is 4. The zero-order valence-electron chi connectivity index (χ0n) is 14.0. The summed E-state index contributed by atoms with van der Waals surface area (Å²) in [5.74, 6) is -0.628. The highest BCUT2D eigenvalue weighted by Gasteiger charge is 2.40. The lowest BCUT2D eigenvalue weighted by molar-refractivity contribution is -0.160. The van der Waals surface area contributed by atoms with Crippen molar-refractivity contribution in [2.45, 2.75) is 25.6 Å². The number of likely N-dealkylation sites (N-methyl/N-ethyl adjacent to an activating group) is 1. The molecule has 0 aliphatic carbocycles. The molecule has 1 aromatic heterocycles. The number of carbonyl (C=O) groups excluding carboxylic acids is 2. The number of nitrogens with one attached hydrogen (secondary N) is 1. The lowest BCUT2D eigenvalue weighted by atomic mass is 9.97. The van der Waals surface area contributed by atoms with Crippen LogP contribution in [0.25, 0.3) is 0 Å². The first-order chi connectivity index (χ1) is 12.0. The van der Waals surface area contributed by atoms with E-state index in [9.17, 15) is 14.0 Å². The largest absolute Gasteiger partial charge is 0.356 e. The molecule has 1 saturated heterocycles. The van der Waals surface area contributed by atoms with Gasteiger partial charge in [-0.15, -0.1) is 0 Å². The van der Waals surface area contributed by atoms with Crippen LogP contribution in [-0.4, -0.2) is 46.3 Å². The van der Waals surface area contributed by atoms with Gasteiger partial charge in [-0.3, -0.25) is 14.3 Å². The summed E-state index contributed by atoms with van der Waals surface area (Å²) in [6.07, 6.45) is 0.838. The summed E-state index contributed by atoms with van der Waals surface area (Å²) in [5, 5.41) is 6.91. The lowest BCUT2D eigenvalue weighted by Crippen LogP contribution is -2.51. The molecule has 0 radical (unpaired) electrons. The molecule has 0 bridgehead atoms. The van der Waals surface area contributed by atoms with Crippen molar-refractivity contribution >= 4 is 17.6 Å². The maximum Gasteiger partial charge on any atom is 0.257 e. The number of aryl methyl sites for hydroxylation is 1. The van der Waals surface area contributed by atoms with Crippen LogP contribution in [0.5, 0.6) is 0 Å². The molecule has 2 atom stereocenters. The van der Waals surface area contributed by atoms with Crippen molar-refractivity contribution in [2.24, 2.45) is 0 Å². The van der Waals surface area contributed by atoms with E-state index < -0.39 is 18.1 Å². The van der Waals surface area contributed by atoms with Gasteiger partial charge in [0.2, 0.25) is 5.91 Å². The van der Waals surface area contributed by atoms with Gasteiger partial charge in [0.1, 0.15) is 12.4 Å². The first kappa shape index (κ1) is 17.1. The van der Waals surface area contributed by atoms with Gasteiger partial charge in [-0.25, -0.2) is 4.39 Å². The van der Waals surface area contributed by atoms with Gasteiger partial charge in [0.05, 0.1) is 6.04 Å². The highest BCUT2D eigenvalue weighted by atomic mass is 19.1. The summed E-state index contributed by atoms with van der Waals surface area (Å²) < 4.78 is 20.4. The molecule has 2 aromatic rings. The Morgan fingerprint density at radius 1 is 1.36 bits per heavy atom. The Hall–Kier alpha value is -2.74. The van der Waals surface area contributed by atoms with Crippen LogP contribution >= 0.6 is 0 Å². The average molecular weight is 346 g/mol. The van der Waals surface area contributed by atoms with Gasteiger partial charge < -0.3 is 15.0 Å². The SMILES string of the molecule is CCn1ccc(NC(=O)[C@H]2OCC(=O)N(C)[C@@H]2c2ccc(F)cc2)n1. The van der Waals surface area contributed by atoms with Crippen molar-refractivity contribution < 1.29 is 18.7 Å². The van der Waals surface area contributed by atoms with Gasteiger partial charge in [0, 0.05) is 25.9 Å². The van der Waals surface area contributed by atoms with Crippen molar-refractivity contribution in [3.63, 3.8) is 0 Å². The fraction of sp³-hybridized carbons (Fsp3) is 0.353. The summed E-state index contributed by atoms with van der Waals surface area (Å²) in [4.78, 5) is 26.1. The van der Waals surface area contributed by atoms with Crippen molar-refractivity contribution in [3.05, 3.63) is 47.9 Å². The lowest BCUT2D eigenvalue weighted by Gasteiger charge is -2.38. The molecular formula is C17H19FN4O3. The minimum atomic E-state index is -0.917. The highest BCUT2D eigenvalue weighted by molar-refractivity contribution is 5.95. The van der Waals surface area contributed by atoms with Crippen LogP contribution in [-0.2, 0) is 20.9 Å². The molecule has 25 heavy (non-hydrogen) atoms. The zero-order valence-corrected chi connectivity index (χ0v) is 14.0. The Kier molecular flexibility index (Phi) is 4.80. The molecular weight excluding hydrogens is 327 g/mol. The molecule has 1 aliphatic rings. The van der Waals surface area contributed by atoms with Gasteiger partial charge in [0.25, 0.3) is 5.91 Å². The number of carbonyl (C=O) groups is 2. The molecule has 1 N–H and O–H groups in total. The van der Waals surface area contributed by atoms with E-state index in [2.05, 4.69) is 10.4 Å². The minimum Gasteiger partial charge on any atom is -0.356 e. The smallest absolute Gasteiger partial charge is 0.257 e. The number of amides is 2. The Balaban J connectivity index is 1.84. The van der Waals surface area contributed by atoms with Gasteiger partial charge in [0.15, 0.2) is 11.9 Å². The van der Waals surface area contributed by atoms with E-state index in [0.29, 0.717) is 17.9 Å². The maximum absolute atomic E-state index is 13.2. The molecule has 7 nitrogen and oxygen atoms in total. The van der Waals surface area contributed by atoms with Crippen molar-refractivity contribution in [2.75, 3.05) is 19.0 Å². The van der Waals surface area contributed by atoms with Crippen LogP contribution < -0.4 is 5.32 Å². The third-order valence-electron chi connectivity index (χ3n) is 4.17. The zero-order chi connectivity index (χ0) is 18.0. The Morgan fingerprint density at radius 2 is 2.08 bits per heavy atom. The minimum absolute atomic E-state index is 0.185. The van der Waals surface area contributed by atoms with Gasteiger partial charge in [-0.1, -0.05) is 12.1 Å². The molecule has 0 unspecified atom stereocenters. The summed E-state index contributed by atoms with van der Waals surface area (Å²) >= 11 is 0. The molecule has 132 valence electrons. The van der Waals surface area contributed by atoms with E-state index in [-0.39, 0.29) is 18.3 Å². The molecule has 1 aromatic carbocycles. The Labute approximate surface area is 144 Å². The Bertz CT molecular complexity index is 774. The van der Waals surface area contributed by atoms with E-state index in [4.69, 9.17) is 4.74 Å². The van der Waals surface area contributed by atoms with Crippen LogP contribution in [0.15, 0.2) is 36.5 Å². The molecule has 0 spiro atoms. The molecule has 3 rings (SSSR count). The van der Waals surface area contributed by atoms with E-state index in [0.717, 1.165) is 0 Å². The molecule has 2 heterocycles. The maximum atomic E-state index is 13.2. The third kappa shape index (κ3) is 3.53. The molecule has 1 aliphatic heterocycles. The first-order valence-corrected chi connectivity index (χ1v) is 7.96. The van der Waals surface area contributed by atoms with Crippen LogP contribution in [0, 0.1) is 5.82 Å². The number of aromatic nitrogens is 2. The number of morpholine rings is 1. The number of anilines is 1. The molecule has 0 saturated carbocycles. The summed E-state index contributed by atoms with van der Waals surface area (Å²) in [7, 11) is 1.60. The monoisotopic (exact) mass is 346 g/mol. The van der Waals surface area contributed by atoms with E-state index in [1.807, 2.05) is 6.92 Å². The van der Waals surface area contributed by atoms with Crippen LogP contribution in [0.2, 0.25) is 0 Å². The second kappa shape index (κ2) is 7.02. The average Bonchev–Trinajstić information content (AvgIpc) is 3.05. The van der Waals surface area contributed by atoms with Crippen LogP contribution in [0.3, 0.4) is 0 Å². The Morgan fingerprint density at radius 3 is 2.72 bits per heavy atom. The predicted molar refractivity (Wildman–Crippen MR) is 88.2 cm³/mol. The van der Waals surface area contributed by atoms with Crippen LogP contribution in [0.4, 0.5) is 10.2 Å². The number of rotatable bonds is 4. The van der Waals surface area contributed by atoms with E-state index >= 15 is 0 Å². The fourth-order valence-electron chi connectivity index (χ4n) is 2.79. The normalized spacial score (nSPS) is 20.6. The number of benzene rings is 1. The predicted octanol–water partition coefficient (Wildman–Crippen LogP) is 1.58. The molecule has 2 amide bonds. The van der Waals surface area contributed by atoms with Crippen molar-refractivity contribution in [3.8, 4) is 0 Å². The topological polar surface area (TPSA) is 76.5 Å². The second-order valence-corrected chi connectivity index (χ2v) is 5.78. The summed E-state index contributed by atoms with van der Waals surface area (Å²) in [6, 6.07) is 6.72. The van der Waals surface area contributed by atoms with E-state index in [1.54, 1.807) is 36.1 Å². The van der Waals surface area contributed by atoms with Crippen molar-refractivity contribution in [1.29, 1.82) is 0 Å². The van der Waals surface area contributed by atoms with Gasteiger partial charge >= 0.3 is 0 Å². The standard InChI is InChI=1S/C17H19FN4O3/c1-3-22-9-8-13(20-22)19-17(24)16-15(21(2)14(23)10-25-16)11-4-6-12(18)7-5-11/h4-9,15-16H,3,10H2,1-2H3,(H,19,20,24)/t15-,16+/m1/s1. The first-order valence-electron chi connectivity index (χ1n) is 7.96. The van der Waals surface area contributed by atoms with Gasteiger partial charge in [-0.05, 0) is 24.6 Å². The number of ether oxygens (including phenoxy) is 1. The highest BCUT2D eigenvalue weighted by Crippen LogP contribution is 2.30. The van der Waals surface area contributed by atoms with Gasteiger partial charge in [-0.2, -0.15) is 5.10 Å². The summed E-state index contributed by atoms with van der Waals surface area (Å²) in [6.45, 7) is 2.44. The van der Waals surface area contributed by atoms with Crippen LogP contribution in [0.1, 0.15) is 18.5 Å². The second-order valence-electron chi connectivity index (χ2n) is 5.78. The molecule has 1 fully saturated rings. The quantitative estimate of drug-likeness (QED) is 0.912. The van der Waals surface area contributed by atoms with E-state index in [1.165, 1.54) is 17.0 Å². The van der Waals surface area contributed by atoms with Crippen molar-refractivity contribution in [1.82, 2.24) is 14.7 Å². The number of hydrogen-bond donors (Lipinski definition) is 1. The number of halogens is 1. The third-order valence-corrected chi connectivity index (χ3v) is 4.17. The summed E-state index contributed by atoms with van der Waals surface area (Å²) in [5.41, 5.74) is 0.621. The fourth-order valence-corrected chi connectivity index (χ4v) is 2.79. The molecule has 8 heteroatoms.